The van der Waals surface area contributed by atoms with Crippen molar-refractivity contribution in [2.75, 3.05) is 0 Å². The van der Waals surface area contributed by atoms with Crippen molar-refractivity contribution in [2.24, 2.45) is 17.3 Å². The summed E-state index contributed by atoms with van der Waals surface area (Å²) in [5.74, 6) is 2.39. The van der Waals surface area contributed by atoms with E-state index in [4.69, 9.17) is 4.98 Å². The van der Waals surface area contributed by atoms with Crippen LogP contribution in [0.5, 0.6) is 0 Å². The SMILES string of the molecule is C[C@H](Cc1nc2ccc(C(=O)NC3CCC3)cc2[nH]1)C12CCC(C1)C(c1ccnc3ccc(F)cc13)C2. The van der Waals surface area contributed by atoms with E-state index in [-0.39, 0.29) is 17.1 Å². The zero-order valence-electron chi connectivity index (χ0n) is 21.3. The number of hydrogen-bond donors (Lipinski definition) is 2. The minimum absolute atomic E-state index is 0.00696. The van der Waals surface area contributed by atoms with Crippen molar-refractivity contribution in [1.82, 2.24) is 20.3 Å². The molecular formula is C31H33FN4O. The van der Waals surface area contributed by atoms with Gasteiger partial charge in [-0.3, -0.25) is 9.78 Å². The molecule has 1 amide bonds. The summed E-state index contributed by atoms with van der Waals surface area (Å²) in [4.78, 5) is 25.5. The maximum Gasteiger partial charge on any atom is 0.251 e. The topological polar surface area (TPSA) is 70.7 Å². The number of benzene rings is 2. The summed E-state index contributed by atoms with van der Waals surface area (Å²) in [6, 6.07) is 13.2. The highest BCUT2D eigenvalue weighted by Crippen LogP contribution is 2.64. The largest absolute Gasteiger partial charge is 0.349 e. The molecule has 6 heteroatoms. The Morgan fingerprint density at radius 2 is 2.00 bits per heavy atom. The fraction of sp³-hybridized carbons (Fsp3) is 0.452. The molecule has 4 aromatic rings. The molecule has 4 atom stereocenters. The third kappa shape index (κ3) is 3.92. The molecule has 3 fully saturated rings. The number of aromatic amines is 1. The number of rotatable bonds is 6. The fourth-order valence-corrected chi connectivity index (χ4v) is 7.44. The van der Waals surface area contributed by atoms with E-state index in [9.17, 15) is 9.18 Å². The molecule has 190 valence electrons. The predicted molar refractivity (Wildman–Crippen MR) is 143 cm³/mol. The average molecular weight is 497 g/mol. The van der Waals surface area contributed by atoms with Crippen LogP contribution in [0.1, 0.15) is 79.5 Å². The van der Waals surface area contributed by atoms with Crippen LogP contribution in [0.25, 0.3) is 21.9 Å². The van der Waals surface area contributed by atoms with Gasteiger partial charge in [-0.25, -0.2) is 9.37 Å². The number of nitrogens with one attached hydrogen (secondary N) is 2. The molecule has 2 aromatic heterocycles. The molecule has 2 aromatic carbocycles. The van der Waals surface area contributed by atoms with Crippen molar-refractivity contribution in [3.63, 3.8) is 0 Å². The van der Waals surface area contributed by atoms with Crippen LogP contribution in [-0.4, -0.2) is 26.9 Å². The minimum atomic E-state index is -0.193. The number of imidazole rings is 1. The molecule has 3 saturated carbocycles. The maximum atomic E-state index is 14.1. The number of hydrogen-bond acceptors (Lipinski definition) is 3. The first-order valence-electron chi connectivity index (χ1n) is 13.8. The molecule has 2 bridgehead atoms. The van der Waals surface area contributed by atoms with Crippen LogP contribution in [0.2, 0.25) is 0 Å². The monoisotopic (exact) mass is 496 g/mol. The van der Waals surface area contributed by atoms with Gasteiger partial charge < -0.3 is 10.3 Å². The highest BCUT2D eigenvalue weighted by atomic mass is 19.1. The first-order chi connectivity index (χ1) is 18.0. The van der Waals surface area contributed by atoms with E-state index in [0.29, 0.717) is 29.4 Å². The van der Waals surface area contributed by atoms with Gasteiger partial charge in [0.15, 0.2) is 0 Å². The van der Waals surface area contributed by atoms with Crippen LogP contribution in [-0.2, 0) is 6.42 Å². The van der Waals surface area contributed by atoms with E-state index in [2.05, 4.69) is 28.3 Å². The number of carbonyl (C=O) groups is 1. The number of carbonyl (C=O) groups excluding carboxylic acids is 1. The van der Waals surface area contributed by atoms with Gasteiger partial charge in [-0.15, -0.1) is 0 Å². The first kappa shape index (κ1) is 22.9. The first-order valence-corrected chi connectivity index (χ1v) is 13.8. The quantitative estimate of drug-likeness (QED) is 0.313. The Balaban J connectivity index is 1.10. The normalized spacial score (nSPS) is 26.0. The van der Waals surface area contributed by atoms with Crippen molar-refractivity contribution in [2.45, 2.75) is 70.3 Å². The molecular weight excluding hydrogens is 463 g/mol. The van der Waals surface area contributed by atoms with Crippen LogP contribution in [0, 0.1) is 23.1 Å². The molecule has 3 unspecified atom stereocenters. The number of aromatic nitrogens is 3. The van der Waals surface area contributed by atoms with Gasteiger partial charge in [0.2, 0.25) is 0 Å². The van der Waals surface area contributed by atoms with E-state index in [1.807, 2.05) is 24.4 Å². The van der Waals surface area contributed by atoms with Crippen molar-refractivity contribution in [1.29, 1.82) is 0 Å². The molecule has 2 N–H and O–H groups in total. The van der Waals surface area contributed by atoms with Gasteiger partial charge in [0.05, 0.1) is 16.6 Å². The van der Waals surface area contributed by atoms with Gasteiger partial charge in [0.1, 0.15) is 11.6 Å². The summed E-state index contributed by atoms with van der Waals surface area (Å²) >= 11 is 0. The second-order valence-corrected chi connectivity index (χ2v) is 11.9. The molecule has 5 nitrogen and oxygen atoms in total. The van der Waals surface area contributed by atoms with E-state index in [0.717, 1.165) is 53.4 Å². The number of fused-ring (bicyclic) bond motifs is 4. The van der Waals surface area contributed by atoms with Gasteiger partial charge >= 0.3 is 0 Å². The molecule has 0 aliphatic heterocycles. The summed E-state index contributed by atoms with van der Waals surface area (Å²) in [7, 11) is 0. The van der Waals surface area contributed by atoms with Crippen LogP contribution in [0.3, 0.4) is 0 Å². The Labute approximate surface area is 216 Å². The lowest BCUT2D eigenvalue weighted by molar-refractivity contribution is 0.0917. The van der Waals surface area contributed by atoms with Crippen molar-refractivity contribution < 1.29 is 9.18 Å². The number of pyridine rings is 1. The van der Waals surface area contributed by atoms with Crippen LogP contribution in [0.4, 0.5) is 4.39 Å². The van der Waals surface area contributed by atoms with Crippen molar-refractivity contribution in [3.8, 4) is 0 Å². The van der Waals surface area contributed by atoms with E-state index < -0.39 is 0 Å². The van der Waals surface area contributed by atoms with Crippen LogP contribution >= 0.6 is 0 Å². The number of nitrogens with zero attached hydrogens (tertiary/aromatic N) is 2. The van der Waals surface area contributed by atoms with E-state index in [1.165, 1.54) is 37.3 Å². The Kier molecular flexibility index (Phi) is 5.34. The fourth-order valence-electron chi connectivity index (χ4n) is 7.44. The van der Waals surface area contributed by atoms with Gasteiger partial charge in [-0.1, -0.05) is 6.92 Å². The summed E-state index contributed by atoms with van der Waals surface area (Å²) in [6.07, 6.45) is 11.0. The van der Waals surface area contributed by atoms with Gasteiger partial charge in [0, 0.05) is 29.6 Å². The molecule has 0 radical (unpaired) electrons. The highest BCUT2D eigenvalue weighted by molar-refractivity contribution is 5.97. The molecule has 2 heterocycles. The van der Waals surface area contributed by atoms with E-state index >= 15 is 0 Å². The second-order valence-electron chi connectivity index (χ2n) is 11.9. The third-order valence-electron chi connectivity index (χ3n) is 9.79. The Morgan fingerprint density at radius 1 is 1.14 bits per heavy atom. The van der Waals surface area contributed by atoms with Crippen LogP contribution in [0.15, 0.2) is 48.7 Å². The van der Waals surface area contributed by atoms with Crippen molar-refractivity contribution >= 4 is 27.8 Å². The van der Waals surface area contributed by atoms with Crippen LogP contribution < -0.4 is 5.32 Å². The molecule has 37 heavy (non-hydrogen) atoms. The van der Waals surface area contributed by atoms with Gasteiger partial charge in [-0.05, 0) is 116 Å². The second kappa shape index (κ2) is 8.64. The number of H-pyrrole nitrogens is 1. The molecule has 0 saturated heterocycles. The molecule has 3 aliphatic carbocycles. The van der Waals surface area contributed by atoms with E-state index in [1.54, 1.807) is 12.1 Å². The molecule has 0 spiro atoms. The third-order valence-corrected chi connectivity index (χ3v) is 9.79. The predicted octanol–water partition coefficient (Wildman–Crippen LogP) is 6.69. The minimum Gasteiger partial charge on any atom is -0.349 e. The lowest BCUT2D eigenvalue weighted by Crippen LogP contribution is -2.39. The Morgan fingerprint density at radius 3 is 2.84 bits per heavy atom. The zero-order valence-corrected chi connectivity index (χ0v) is 21.3. The average Bonchev–Trinajstić information content (AvgIpc) is 3.58. The standard InChI is InChI=1S/C31H33FN4O/c1-18(13-29-35-27-7-5-19(14-28(27)36-29)30(37)34-22-3-2-4-22)31-11-9-20(16-31)25(17-31)23-10-12-33-26-8-6-21(32)15-24(23)26/h5-8,10,12,14-15,18,20,22,25H,2-4,9,11,13,16-17H2,1H3,(H,34,37)(H,35,36)/t18-,20?,25?,31?/m1/s1. The number of amides is 1. The summed E-state index contributed by atoms with van der Waals surface area (Å²) < 4.78 is 14.1. The highest BCUT2D eigenvalue weighted by Gasteiger charge is 2.53. The molecule has 3 aliphatic rings. The summed E-state index contributed by atoms with van der Waals surface area (Å²) in [5, 5.41) is 4.09. The lowest BCUT2D eigenvalue weighted by atomic mass is 9.69. The maximum absolute atomic E-state index is 14.1. The Hall–Kier alpha value is -3.28. The molecule has 7 rings (SSSR count). The number of halogens is 1. The van der Waals surface area contributed by atoms with Gasteiger partial charge in [0.25, 0.3) is 5.91 Å². The smallest absolute Gasteiger partial charge is 0.251 e. The van der Waals surface area contributed by atoms with Crippen molar-refractivity contribution in [3.05, 3.63) is 71.4 Å². The van der Waals surface area contributed by atoms with Gasteiger partial charge in [-0.2, -0.15) is 0 Å². The summed E-state index contributed by atoms with van der Waals surface area (Å²) in [5.41, 5.74) is 4.97. The lowest BCUT2D eigenvalue weighted by Gasteiger charge is -2.36. The zero-order chi connectivity index (χ0) is 25.1. The summed E-state index contributed by atoms with van der Waals surface area (Å²) in [6.45, 7) is 2.37. The Bertz CT molecular complexity index is 1510.